The number of benzene rings is 2. The minimum Gasteiger partial charge on any atom is -0.366 e. The Balaban J connectivity index is 2.51. The number of aryl methyl sites for hydroxylation is 1. The molecule has 0 heterocycles. The second-order valence-electron chi connectivity index (χ2n) is 5.74. The van der Waals surface area contributed by atoms with Crippen LogP contribution in [0.3, 0.4) is 0 Å². The van der Waals surface area contributed by atoms with E-state index < -0.39 is 9.73 Å². The highest BCUT2D eigenvalue weighted by Gasteiger charge is 2.16. The Morgan fingerprint density at radius 3 is 2.48 bits per heavy atom. The first-order valence-corrected chi connectivity index (χ1v) is 10.3. The molecule has 0 saturated heterocycles. The largest absolute Gasteiger partial charge is 0.366 e. The van der Waals surface area contributed by atoms with Gasteiger partial charge in [0.1, 0.15) is 0 Å². The van der Waals surface area contributed by atoms with E-state index in [1.54, 1.807) is 12.4 Å². The van der Waals surface area contributed by atoms with Crippen molar-refractivity contribution in [2.75, 3.05) is 19.3 Å². The Hall–Kier alpha value is -1.85. The summed E-state index contributed by atoms with van der Waals surface area (Å²) in [7, 11) is -0.641. The minimum atomic E-state index is -2.59. The minimum absolute atomic E-state index is 0.417. The number of hydrogen-bond acceptors (Lipinski definition) is 3. The van der Waals surface area contributed by atoms with Gasteiger partial charge in [0.05, 0.1) is 37.4 Å². The van der Waals surface area contributed by atoms with Gasteiger partial charge in [-0.1, -0.05) is 36.7 Å². The van der Waals surface area contributed by atoms with Gasteiger partial charge in [-0.3, -0.25) is 0 Å². The van der Waals surface area contributed by atoms with E-state index in [1.807, 2.05) is 69.1 Å². The average molecular weight is 378 g/mol. The molecule has 0 spiro atoms. The zero-order chi connectivity index (χ0) is 18.4. The lowest BCUT2D eigenvalue weighted by Crippen LogP contribution is -2.14. The maximum Gasteiger partial charge on any atom is 0.0910 e. The molecule has 2 aromatic carbocycles. The Kier molecular flexibility index (Phi) is 6.62. The summed E-state index contributed by atoms with van der Waals surface area (Å²) in [6, 6.07) is 13.0. The molecule has 0 radical (unpaired) electrons. The highest BCUT2D eigenvalue weighted by Crippen LogP contribution is 2.33. The molecular weight excluding hydrogens is 354 g/mol. The van der Waals surface area contributed by atoms with Crippen LogP contribution in [-0.4, -0.2) is 34.8 Å². The molecule has 0 fully saturated rings. The van der Waals surface area contributed by atoms with Crippen molar-refractivity contribution in [2.45, 2.75) is 25.7 Å². The molecule has 1 atom stereocenters. The van der Waals surface area contributed by atoms with Crippen molar-refractivity contribution >= 4 is 39.0 Å². The third-order valence-electron chi connectivity index (χ3n) is 3.88. The van der Waals surface area contributed by atoms with Crippen LogP contribution in [0.1, 0.15) is 19.4 Å². The van der Waals surface area contributed by atoms with E-state index in [9.17, 15) is 4.21 Å². The van der Waals surface area contributed by atoms with Crippen molar-refractivity contribution in [1.82, 2.24) is 4.90 Å². The van der Waals surface area contributed by atoms with Crippen molar-refractivity contribution in [3.8, 4) is 0 Å². The van der Waals surface area contributed by atoms with Crippen LogP contribution in [0.15, 0.2) is 56.7 Å². The van der Waals surface area contributed by atoms with E-state index in [0.717, 1.165) is 12.1 Å². The summed E-state index contributed by atoms with van der Waals surface area (Å²) in [6.45, 7) is 6.70. The van der Waals surface area contributed by atoms with Crippen LogP contribution in [0.5, 0.6) is 0 Å². The van der Waals surface area contributed by atoms with E-state index in [2.05, 4.69) is 9.36 Å². The van der Waals surface area contributed by atoms with E-state index in [-0.39, 0.29) is 0 Å². The van der Waals surface area contributed by atoms with Crippen molar-refractivity contribution in [1.29, 1.82) is 0 Å². The fraction of sp³-hybridized carbons (Fsp3) is 0.316. The molecule has 0 saturated carbocycles. The SMILES string of the molecule is CCN(C)/C=N\c1cc(C)c(S(=O)(CC)=Nc2ccccc2)cc1Cl. The molecule has 6 heteroatoms. The van der Waals surface area contributed by atoms with Crippen LogP contribution >= 0.6 is 11.6 Å². The average Bonchev–Trinajstić information content (AvgIpc) is 2.62. The van der Waals surface area contributed by atoms with Gasteiger partial charge in [0.2, 0.25) is 0 Å². The number of halogens is 1. The van der Waals surface area contributed by atoms with Gasteiger partial charge >= 0.3 is 0 Å². The molecule has 4 nitrogen and oxygen atoms in total. The van der Waals surface area contributed by atoms with E-state index in [4.69, 9.17) is 11.6 Å². The summed E-state index contributed by atoms with van der Waals surface area (Å²) < 4.78 is 18.0. The van der Waals surface area contributed by atoms with Crippen LogP contribution in [-0.2, 0) is 9.73 Å². The Labute approximate surface area is 155 Å². The van der Waals surface area contributed by atoms with Gasteiger partial charge in [-0.2, -0.15) is 4.36 Å². The van der Waals surface area contributed by atoms with Gasteiger partial charge < -0.3 is 4.90 Å². The van der Waals surface area contributed by atoms with Crippen LogP contribution in [0.25, 0.3) is 0 Å². The molecule has 134 valence electrons. The molecule has 0 bridgehead atoms. The lowest BCUT2D eigenvalue weighted by Gasteiger charge is -2.14. The van der Waals surface area contributed by atoms with Gasteiger partial charge in [-0.05, 0) is 43.7 Å². The van der Waals surface area contributed by atoms with Crippen molar-refractivity contribution in [3.05, 3.63) is 53.1 Å². The topological polar surface area (TPSA) is 45.0 Å². The van der Waals surface area contributed by atoms with E-state index >= 15 is 0 Å². The predicted octanol–water partition coefficient (Wildman–Crippen LogP) is 5.44. The van der Waals surface area contributed by atoms with Gasteiger partial charge in [0, 0.05) is 19.3 Å². The molecule has 0 aliphatic rings. The monoisotopic (exact) mass is 377 g/mol. The lowest BCUT2D eigenvalue weighted by atomic mass is 10.2. The van der Waals surface area contributed by atoms with Crippen molar-refractivity contribution in [2.24, 2.45) is 9.36 Å². The Morgan fingerprint density at radius 2 is 1.88 bits per heavy atom. The van der Waals surface area contributed by atoms with Crippen molar-refractivity contribution in [3.63, 3.8) is 0 Å². The molecule has 2 rings (SSSR count). The van der Waals surface area contributed by atoms with Crippen LogP contribution in [0, 0.1) is 6.92 Å². The second kappa shape index (κ2) is 8.50. The predicted molar refractivity (Wildman–Crippen MR) is 108 cm³/mol. The second-order valence-corrected chi connectivity index (χ2v) is 8.63. The smallest absolute Gasteiger partial charge is 0.0910 e. The molecule has 0 aliphatic heterocycles. The first-order valence-electron chi connectivity index (χ1n) is 8.24. The molecule has 0 amide bonds. The molecule has 1 unspecified atom stereocenters. The van der Waals surface area contributed by atoms with Gasteiger partial charge in [0.15, 0.2) is 0 Å². The number of nitrogens with zero attached hydrogens (tertiary/aromatic N) is 3. The number of hydrogen-bond donors (Lipinski definition) is 0. The normalized spacial score (nSPS) is 13.6. The fourth-order valence-corrected chi connectivity index (χ4v) is 4.40. The standard InChI is InChI=1S/C19H24ClN3OS/c1-5-23(4)14-21-18-12-15(3)19(13-17(18)20)25(24,6-2)22-16-10-8-7-9-11-16/h7-14H,5-6H2,1-4H3/b21-14-. The van der Waals surface area contributed by atoms with Crippen LogP contribution in [0.2, 0.25) is 5.02 Å². The maximum absolute atomic E-state index is 13.5. The number of rotatable bonds is 6. The summed E-state index contributed by atoms with van der Waals surface area (Å²) in [4.78, 5) is 7.05. The third kappa shape index (κ3) is 4.83. The molecule has 2 aromatic rings. The summed E-state index contributed by atoms with van der Waals surface area (Å²) in [5.74, 6) is 0.417. The van der Waals surface area contributed by atoms with Crippen LogP contribution < -0.4 is 0 Å². The summed E-state index contributed by atoms with van der Waals surface area (Å²) in [5.41, 5.74) is 2.25. The van der Waals surface area contributed by atoms with E-state index in [1.165, 1.54) is 0 Å². The highest BCUT2D eigenvalue weighted by molar-refractivity contribution is 7.93. The van der Waals surface area contributed by atoms with E-state index in [0.29, 0.717) is 27.0 Å². The lowest BCUT2D eigenvalue weighted by molar-refractivity contribution is 0.552. The zero-order valence-electron chi connectivity index (χ0n) is 15.1. The zero-order valence-corrected chi connectivity index (χ0v) is 16.6. The number of aliphatic imine (C=N–C) groups is 1. The molecular formula is C19H24ClN3OS. The quantitative estimate of drug-likeness (QED) is 0.497. The Morgan fingerprint density at radius 1 is 1.20 bits per heavy atom. The molecule has 0 aromatic heterocycles. The molecule has 0 aliphatic carbocycles. The highest BCUT2D eigenvalue weighted by atomic mass is 35.5. The van der Waals surface area contributed by atoms with Crippen LogP contribution in [0.4, 0.5) is 11.4 Å². The third-order valence-corrected chi connectivity index (χ3v) is 6.60. The Bertz CT molecular complexity index is 872. The summed E-state index contributed by atoms with van der Waals surface area (Å²) in [5, 5.41) is 0.478. The molecule has 25 heavy (non-hydrogen) atoms. The summed E-state index contributed by atoms with van der Waals surface area (Å²) >= 11 is 6.39. The maximum atomic E-state index is 13.5. The van der Waals surface area contributed by atoms with Crippen molar-refractivity contribution < 1.29 is 4.21 Å². The summed E-state index contributed by atoms with van der Waals surface area (Å²) in [6.07, 6.45) is 1.74. The first kappa shape index (κ1) is 19.5. The first-order chi connectivity index (χ1) is 11.9. The van der Waals surface area contributed by atoms with Gasteiger partial charge in [-0.25, -0.2) is 9.20 Å². The fourth-order valence-electron chi connectivity index (χ4n) is 2.26. The van der Waals surface area contributed by atoms with Gasteiger partial charge in [-0.15, -0.1) is 0 Å². The van der Waals surface area contributed by atoms with Gasteiger partial charge in [0.25, 0.3) is 0 Å². The molecule has 0 N–H and O–H groups in total.